The molecule has 1 aromatic rings. The number of anilines is 1. The Morgan fingerprint density at radius 2 is 1.96 bits per heavy atom. The van der Waals surface area contributed by atoms with Crippen molar-refractivity contribution in [2.45, 2.75) is 19.4 Å². The van der Waals surface area contributed by atoms with Gasteiger partial charge in [0.25, 0.3) is 0 Å². The maximum atomic E-state index is 12.5. The zero-order valence-electron chi connectivity index (χ0n) is 13.7. The first kappa shape index (κ1) is 22.0. The van der Waals surface area contributed by atoms with Crippen molar-refractivity contribution in [3.05, 3.63) is 29.8 Å². The van der Waals surface area contributed by atoms with Gasteiger partial charge in [0, 0.05) is 46.1 Å². The molecule has 1 saturated heterocycles. The highest BCUT2D eigenvalue weighted by molar-refractivity contribution is 5.85. The summed E-state index contributed by atoms with van der Waals surface area (Å²) in [6, 6.07) is 8.15. The molecule has 0 bridgehead atoms. The van der Waals surface area contributed by atoms with Crippen molar-refractivity contribution in [1.29, 1.82) is 0 Å². The van der Waals surface area contributed by atoms with Crippen LogP contribution in [0.5, 0.6) is 0 Å². The number of nitrogens with one attached hydrogen (secondary N) is 1. The molecule has 1 amide bonds. The van der Waals surface area contributed by atoms with Gasteiger partial charge in [-0.05, 0) is 30.5 Å². The summed E-state index contributed by atoms with van der Waals surface area (Å²) in [7, 11) is 4.01. The minimum absolute atomic E-state index is 0. The second kappa shape index (κ2) is 9.98. The fraction of sp³-hybridized carbons (Fsp3) is 0.562. The van der Waals surface area contributed by atoms with E-state index in [1.807, 2.05) is 37.2 Å². The highest BCUT2D eigenvalue weighted by Gasteiger charge is 2.38. The lowest BCUT2D eigenvalue weighted by Gasteiger charge is -2.34. The predicted molar refractivity (Wildman–Crippen MR) is 98.7 cm³/mol. The van der Waals surface area contributed by atoms with Gasteiger partial charge in [-0.15, -0.1) is 24.8 Å². The smallest absolute Gasteiger partial charge is 0.227 e. The number of hydrogen-bond donors (Lipinski definition) is 2. The lowest BCUT2D eigenvalue weighted by molar-refractivity contribution is -0.136. The van der Waals surface area contributed by atoms with Crippen molar-refractivity contribution in [2.24, 2.45) is 11.1 Å². The second-order valence-electron chi connectivity index (χ2n) is 5.84. The summed E-state index contributed by atoms with van der Waals surface area (Å²) in [4.78, 5) is 14.5. The molecular weight excluding hydrogens is 337 g/mol. The molecule has 1 fully saturated rings. The molecular formula is C16H27Cl2N3O2. The van der Waals surface area contributed by atoms with Gasteiger partial charge in [0.1, 0.15) is 0 Å². The molecule has 1 aliphatic rings. The van der Waals surface area contributed by atoms with Gasteiger partial charge < -0.3 is 20.7 Å². The first-order chi connectivity index (χ1) is 10.1. The predicted octanol–water partition coefficient (Wildman–Crippen LogP) is 1.97. The van der Waals surface area contributed by atoms with E-state index >= 15 is 0 Å². The van der Waals surface area contributed by atoms with Gasteiger partial charge in [0.2, 0.25) is 5.91 Å². The third-order valence-corrected chi connectivity index (χ3v) is 4.20. The van der Waals surface area contributed by atoms with Crippen molar-refractivity contribution < 1.29 is 9.53 Å². The van der Waals surface area contributed by atoms with Crippen molar-refractivity contribution in [2.75, 3.05) is 38.8 Å². The van der Waals surface area contributed by atoms with Gasteiger partial charge in [-0.2, -0.15) is 0 Å². The molecule has 2 rings (SSSR count). The van der Waals surface area contributed by atoms with Crippen molar-refractivity contribution in [3.8, 4) is 0 Å². The third-order valence-electron chi connectivity index (χ3n) is 4.20. The van der Waals surface area contributed by atoms with Gasteiger partial charge in [-0.25, -0.2) is 0 Å². The molecule has 0 saturated carbocycles. The molecule has 0 unspecified atom stereocenters. The summed E-state index contributed by atoms with van der Waals surface area (Å²) in [5.74, 6) is 0.0450. The van der Waals surface area contributed by atoms with Gasteiger partial charge in [0.05, 0.1) is 5.41 Å². The second-order valence-corrected chi connectivity index (χ2v) is 5.84. The number of ether oxygens (including phenoxy) is 1. The Balaban J connectivity index is 0.00000242. The molecule has 0 aromatic heterocycles. The summed E-state index contributed by atoms with van der Waals surface area (Å²) in [5.41, 5.74) is 7.61. The molecule has 7 heteroatoms. The first-order valence-electron chi connectivity index (χ1n) is 7.40. The normalized spacial score (nSPS) is 15.8. The van der Waals surface area contributed by atoms with E-state index < -0.39 is 5.41 Å². The molecule has 132 valence electrons. The lowest BCUT2D eigenvalue weighted by Crippen LogP contribution is -2.48. The van der Waals surface area contributed by atoms with Crippen LogP contribution in [0.15, 0.2) is 24.3 Å². The Hall–Kier alpha value is -1.01. The molecule has 1 aliphatic heterocycles. The fourth-order valence-corrected chi connectivity index (χ4v) is 2.60. The van der Waals surface area contributed by atoms with E-state index in [0.717, 1.165) is 11.3 Å². The van der Waals surface area contributed by atoms with Crippen LogP contribution in [0, 0.1) is 5.41 Å². The van der Waals surface area contributed by atoms with Crippen LogP contribution >= 0.6 is 24.8 Å². The number of hydrogen-bond acceptors (Lipinski definition) is 4. The summed E-state index contributed by atoms with van der Waals surface area (Å²) in [6.45, 7) is 2.13. The van der Waals surface area contributed by atoms with E-state index in [2.05, 4.69) is 11.4 Å². The highest BCUT2D eigenvalue weighted by atomic mass is 35.5. The monoisotopic (exact) mass is 363 g/mol. The molecule has 0 spiro atoms. The van der Waals surface area contributed by atoms with E-state index in [1.165, 1.54) is 0 Å². The number of carbonyl (C=O) groups excluding carboxylic acids is 1. The van der Waals surface area contributed by atoms with E-state index in [1.54, 1.807) is 0 Å². The minimum Gasteiger partial charge on any atom is -0.381 e. The van der Waals surface area contributed by atoms with Gasteiger partial charge in [-0.1, -0.05) is 12.1 Å². The molecule has 5 nitrogen and oxygen atoms in total. The quantitative estimate of drug-likeness (QED) is 0.838. The number of halogens is 2. The zero-order chi connectivity index (χ0) is 15.3. The van der Waals surface area contributed by atoms with Gasteiger partial charge >= 0.3 is 0 Å². The van der Waals surface area contributed by atoms with Crippen molar-refractivity contribution in [3.63, 3.8) is 0 Å². The van der Waals surface area contributed by atoms with Crippen LogP contribution in [0.1, 0.15) is 18.4 Å². The summed E-state index contributed by atoms with van der Waals surface area (Å²) < 4.78 is 5.34. The molecule has 3 N–H and O–H groups in total. The Kier molecular flexibility index (Phi) is 9.54. The van der Waals surface area contributed by atoms with Crippen LogP contribution in [-0.2, 0) is 16.1 Å². The Morgan fingerprint density at radius 3 is 2.52 bits per heavy atom. The Morgan fingerprint density at radius 1 is 1.30 bits per heavy atom. The summed E-state index contributed by atoms with van der Waals surface area (Å²) >= 11 is 0. The molecule has 1 aromatic carbocycles. The van der Waals surface area contributed by atoms with E-state index in [9.17, 15) is 4.79 Å². The maximum Gasteiger partial charge on any atom is 0.227 e. The number of rotatable bonds is 5. The number of amides is 1. The van der Waals surface area contributed by atoms with Gasteiger partial charge in [-0.3, -0.25) is 4.79 Å². The SMILES string of the molecule is CN(C)c1cccc(CNC(=O)C2(CN)CCOCC2)c1.Cl.Cl. The van der Waals surface area contributed by atoms with Crippen LogP contribution in [0.4, 0.5) is 5.69 Å². The Bertz CT molecular complexity index is 492. The standard InChI is InChI=1S/C16H25N3O2.2ClH/c1-19(2)14-5-3-4-13(10-14)11-18-15(20)16(12-17)6-8-21-9-7-16;;/h3-5,10H,6-9,11-12,17H2,1-2H3,(H,18,20);2*1H. The third kappa shape index (κ3) is 5.53. The largest absolute Gasteiger partial charge is 0.381 e. The van der Waals surface area contributed by atoms with E-state index in [0.29, 0.717) is 39.1 Å². The molecule has 0 atom stereocenters. The molecule has 1 heterocycles. The Labute approximate surface area is 150 Å². The maximum absolute atomic E-state index is 12.5. The topological polar surface area (TPSA) is 67.6 Å². The number of nitrogens with zero attached hydrogens (tertiary/aromatic N) is 1. The van der Waals surface area contributed by atoms with Crippen molar-refractivity contribution in [1.82, 2.24) is 5.32 Å². The van der Waals surface area contributed by atoms with E-state index in [-0.39, 0.29) is 30.7 Å². The zero-order valence-corrected chi connectivity index (χ0v) is 15.3. The van der Waals surface area contributed by atoms with Crippen LogP contribution in [0.25, 0.3) is 0 Å². The molecule has 0 aliphatic carbocycles. The first-order valence-corrected chi connectivity index (χ1v) is 7.40. The van der Waals surface area contributed by atoms with Gasteiger partial charge in [0.15, 0.2) is 0 Å². The van der Waals surface area contributed by atoms with Crippen molar-refractivity contribution >= 4 is 36.4 Å². The van der Waals surface area contributed by atoms with E-state index in [4.69, 9.17) is 10.5 Å². The summed E-state index contributed by atoms with van der Waals surface area (Å²) in [6.07, 6.45) is 1.40. The summed E-state index contributed by atoms with van der Waals surface area (Å²) in [5, 5.41) is 3.03. The van der Waals surface area contributed by atoms with Crippen LogP contribution in [0.3, 0.4) is 0 Å². The number of nitrogens with two attached hydrogens (primary N) is 1. The molecule has 0 radical (unpaired) electrons. The minimum atomic E-state index is -0.461. The number of benzene rings is 1. The van der Waals surface area contributed by atoms with Crippen LogP contribution < -0.4 is 16.0 Å². The molecule has 23 heavy (non-hydrogen) atoms. The average Bonchev–Trinajstić information content (AvgIpc) is 2.53. The highest BCUT2D eigenvalue weighted by Crippen LogP contribution is 2.29. The van der Waals surface area contributed by atoms with Crippen LogP contribution in [-0.4, -0.2) is 39.8 Å². The fourth-order valence-electron chi connectivity index (χ4n) is 2.60. The average molecular weight is 364 g/mol. The van der Waals surface area contributed by atoms with Crippen LogP contribution in [0.2, 0.25) is 0 Å². The lowest BCUT2D eigenvalue weighted by atomic mass is 9.79. The number of carbonyl (C=O) groups is 1.